The highest BCUT2D eigenvalue weighted by molar-refractivity contribution is 7.09. The van der Waals surface area contributed by atoms with Gasteiger partial charge in [-0.2, -0.15) is 5.10 Å². The number of ether oxygens (including phenoxy) is 1. The highest BCUT2D eigenvalue weighted by atomic mass is 32.1. The van der Waals surface area contributed by atoms with E-state index in [0.29, 0.717) is 0 Å². The van der Waals surface area contributed by atoms with Crippen LogP contribution >= 0.6 is 11.3 Å². The van der Waals surface area contributed by atoms with Gasteiger partial charge in [0.05, 0.1) is 19.3 Å². The molecule has 3 rings (SSSR count). The Morgan fingerprint density at radius 2 is 2.47 bits per heavy atom. The maximum Gasteiger partial charge on any atom is 0.137 e. The maximum atomic E-state index is 5.79. The molecule has 19 heavy (non-hydrogen) atoms. The lowest BCUT2D eigenvalue weighted by atomic mass is 10.2. The molecule has 5 nitrogen and oxygen atoms in total. The number of rotatable bonds is 5. The van der Waals surface area contributed by atoms with Crippen molar-refractivity contribution in [1.29, 1.82) is 0 Å². The zero-order valence-corrected chi connectivity index (χ0v) is 11.6. The van der Waals surface area contributed by atoms with Crippen molar-refractivity contribution in [3.05, 3.63) is 35.0 Å². The van der Waals surface area contributed by atoms with Crippen LogP contribution in [0.1, 0.15) is 4.88 Å². The van der Waals surface area contributed by atoms with Crippen LogP contribution in [0.5, 0.6) is 0 Å². The fourth-order valence-electron chi connectivity index (χ4n) is 2.35. The molecule has 1 fully saturated rings. The summed E-state index contributed by atoms with van der Waals surface area (Å²) in [5.74, 6) is 0. The summed E-state index contributed by atoms with van der Waals surface area (Å²) < 4.78 is 7.63. The summed E-state index contributed by atoms with van der Waals surface area (Å²) in [6, 6.07) is 4.32. The maximum absolute atomic E-state index is 5.79. The van der Waals surface area contributed by atoms with E-state index in [-0.39, 0.29) is 6.10 Å². The molecule has 1 aliphatic rings. The zero-order valence-electron chi connectivity index (χ0n) is 10.8. The first kappa shape index (κ1) is 12.8. The molecule has 2 aromatic rings. The molecule has 0 aromatic carbocycles. The second kappa shape index (κ2) is 6.27. The standard InChI is InChI=1S/C13H18N4OS/c1-2-13(19-7-1)3-4-16-5-6-18-12(8-16)9-17-11-14-10-15-17/h1-2,7,10-12H,3-6,8-9H2/t12-/m0/s1. The summed E-state index contributed by atoms with van der Waals surface area (Å²) in [5.41, 5.74) is 0. The third-order valence-electron chi connectivity index (χ3n) is 3.33. The average Bonchev–Trinajstić information content (AvgIpc) is 3.10. The minimum atomic E-state index is 0.221. The van der Waals surface area contributed by atoms with Crippen molar-refractivity contribution >= 4 is 11.3 Å². The number of aromatic nitrogens is 3. The highest BCUT2D eigenvalue weighted by Crippen LogP contribution is 2.12. The first-order chi connectivity index (χ1) is 9.40. The second-order valence-corrected chi connectivity index (χ2v) is 5.77. The van der Waals surface area contributed by atoms with E-state index >= 15 is 0 Å². The summed E-state index contributed by atoms with van der Waals surface area (Å²) in [6.07, 6.45) is 4.66. The smallest absolute Gasteiger partial charge is 0.137 e. The molecule has 0 saturated carbocycles. The molecule has 0 radical (unpaired) electrons. The van der Waals surface area contributed by atoms with Crippen molar-refractivity contribution in [2.45, 2.75) is 19.1 Å². The van der Waals surface area contributed by atoms with Gasteiger partial charge in [0.2, 0.25) is 0 Å². The van der Waals surface area contributed by atoms with Gasteiger partial charge in [-0.25, -0.2) is 4.98 Å². The van der Waals surface area contributed by atoms with E-state index in [9.17, 15) is 0 Å². The van der Waals surface area contributed by atoms with Gasteiger partial charge in [0, 0.05) is 24.5 Å². The van der Waals surface area contributed by atoms with Gasteiger partial charge in [-0.15, -0.1) is 11.3 Å². The predicted octanol–water partition coefficient (Wildman–Crippen LogP) is 1.28. The fraction of sp³-hybridized carbons (Fsp3) is 0.538. The van der Waals surface area contributed by atoms with Crippen LogP contribution in [0, 0.1) is 0 Å². The van der Waals surface area contributed by atoms with Crippen molar-refractivity contribution in [3.8, 4) is 0 Å². The zero-order chi connectivity index (χ0) is 12.9. The summed E-state index contributed by atoms with van der Waals surface area (Å²) in [7, 11) is 0. The van der Waals surface area contributed by atoms with Gasteiger partial charge in [-0.1, -0.05) is 6.07 Å². The Balaban J connectivity index is 1.47. The molecular formula is C13H18N4OS. The van der Waals surface area contributed by atoms with E-state index in [4.69, 9.17) is 4.74 Å². The number of nitrogens with zero attached hydrogens (tertiary/aromatic N) is 4. The lowest BCUT2D eigenvalue weighted by molar-refractivity contribution is -0.0370. The number of thiophene rings is 1. The minimum absolute atomic E-state index is 0.221. The van der Waals surface area contributed by atoms with Crippen LogP contribution in [-0.2, 0) is 17.7 Å². The normalized spacial score (nSPS) is 20.7. The van der Waals surface area contributed by atoms with Gasteiger partial charge in [-0.05, 0) is 17.9 Å². The van der Waals surface area contributed by atoms with E-state index in [1.165, 1.54) is 4.88 Å². The number of morpholine rings is 1. The van der Waals surface area contributed by atoms with Gasteiger partial charge in [0.1, 0.15) is 12.7 Å². The quantitative estimate of drug-likeness (QED) is 0.826. The van der Waals surface area contributed by atoms with E-state index < -0.39 is 0 Å². The summed E-state index contributed by atoms with van der Waals surface area (Å²) in [6.45, 7) is 4.71. The van der Waals surface area contributed by atoms with E-state index in [1.807, 2.05) is 16.0 Å². The molecule has 1 aliphatic heterocycles. The summed E-state index contributed by atoms with van der Waals surface area (Å²) in [4.78, 5) is 7.90. The average molecular weight is 278 g/mol. The van der Waals surface area contributed by atoms with Crippen LogP contribution in [0.15, 0.2) is 30.2 Å². The van der Waals surface area contributed by atoms with Crippen molar-refractivity contribution < 1.29 is 4.74 Å². The summed E-state index contributed by atoms with van der Waals surface area (Å²) >= 11 is 1.84. The van der Waals surface area contributed by atoms with Crippen LogP contribution in [-0.4, -0.2) is 52.0 Å². The molecule has 1 atom stereocenters. The second-order valence-electron chi connectivity index (χ2n) is 4.74. The molecule has 0 bridgehead atoms. The fourth-order valence-corrected chi connectivity index (χ4v) is 3.05. The van der Waals surface area contributed by atoms with Crippen molar-refractivity contribution in [2.24, 2.45) is 0 Å². The molecule has 3 heterocycles. The van der Waals surface area contributed by atoms with Gasteiger partial charge < -0.3 is 4.74 Å². The largest absolute Gasteiger partial charge is 0.374 e. The van der Waals surface area contributed by atoms with Crippen LogP contribution < -0.4 is 0 Å². The summed E-state index contributed by atoms with van der Waals surface area (Å²) in [5, 5.41) is 6.27. The Morgan fingerprint density at radius 1 is 1.47 bits per heavy atom. The Bertz CT molecular complexity index is 471. The molecule has 1 saturated heterocycles. The monoisotopic (exact) mass is 278 g/mol. The first-order valence-electron chi connectivity index (χ1n) is 6.59. The van der Waals surface area contributed by atoms with Crippen molar-refractivity contribution in [2.75, 3.05) is 26.2 Å². The van der Waals surface area contributed by atoms with Crippen LogP contribution in [0.3, 0.4) is 0 Å². The molecule has 0 spiro atoms. The molecule has 0 aliphatic carbocycles. The van der Waals surface area contributed by atoms with Crippen LogP contribution in [0.4, 0.5) is 0 Å². The molecule has 0 amide bonds. The Labute approximate surface area is 116 Å². The molecular weight excluding hydrogens is 260 g/mol. The van der Waals surface area contributed by atoms with Crippen LogP contribution in [0.25, 0.3) is 0 Å². The lowest BCUT2D eigenvalue weighted by Gasteiger charge is -2.32. The lowest BCUT2D eigenvalue weighted by Crippen LogP contribution is -2.44. The van der Waals surface area contributed by atoms with Crippen LogP contribution in [0.2, 0.25) is 0 Å². The molecule has 102 valence electrons. The van der Waals surface area contributed by atoms with E-state index in [0.717, 1.165) is 39.2 Å². The minimum Gasteiger partial charge on any atom is -0.374 e. The SMILES string of the molecule is c1csc(CCN2CCO[C@H](Cn3cncn3)C2)c1. The van der Waals surface area contributed by atoms with E-state index in [1.54, 1.807) is 12.7 Å². The molecule has 0 N–H and O–H groups in total. The highest BCUT2D eigenvalue weighted by Gasteiger charge is 2.20. The van der Waals surface area contributed by atoms with Gasteiger partial charge in [0.15, 0.2) is 0 Å². The van der Waals surface area contributed by atoms with Crippen molar-refractivity contribution in [3.63, 3.8) is 0 Å². The predicted molar refractivity (Wildman–Crippen MR) is 74.2 cm³/mol. The van der Waals surface area contributed by atoms with Gasteiger partial charge in [0.25, 0.3) is 0 Å². The van der Waals surface area contributed by atoms with E-state index in [2.05, 4.69) is 32.5 Å². The van der Waals surface area contributed by atoms with Gasteiger partial charge in [-0.3, -0.25) is 9.58 Å². The number of hydrogen-bond donors (Lipinski definition) is 0. The third kappa shape index (κ3) is 3.62. The Hall–Kier alpha value is -1.24. The topological polar surface area (TPSA) is 43.2 Å². The Kier molecular flexibility index (Phi) is 4.22. The van der Waals surface area contributed by atoms with Crippen molar-refractivity contribution in [1.82, 2.24) is 19.7 Å². The first-order valence-corrected chi connectivity index (χ1v) is 7.47. The third-order valence-corrected chi connectivity index (χ3v) is 4.27. The molecule has 0 unspecified atom stereocenters. The number of hydrogen-bond acceptors (Lipinski definition) is 5. The molecule has 2 aromatic heterocycles. The van der Waals surface area contributed by atoms with Gasteiger partial charge >= 0.3 is 0 Å². The molecule has 6 heteroatoms. The Morgan fingerprint density at radius 3 is 3.26 bits per heavy atom.